The van der Waals surface area contributed by atoms with Crippen molar-refractivity contribution in [2.45, 2.75) is 45.4 Å². The van der Waals surface area contributed by atoms with Gasteiger partial charge in [-0.25, -0.2) is 0 Å². The summed E-state index contributed by atoms with van der Waals surface area (Å²) in [6.07, 6.45) is 1.06. The number of nitrogens with zero attached hydrogens (tertiary/aromatic N) is 2. The molecule has 0 saturated heterocycles. The molecule has 1 aliphatic heterocycles. The van der Waals surface area contributed by atoms with Crippen LogP contribution in [0.4, 0.5) is 0 Å². The number of fused-ring (bicyclic) bond motifs is 2. The van der Waals surface area contributed by atoms with Gasteiger partial charge in [0, 0.05) is 36.3 Å². The third-order valence-electron chi connectivity index (χ3n) is 4.63. The van der Waals surface area contributed by atoms with Gasteiger partial charge < -0.3 is 0 Å². The van der Waals surface area contributed by atoms with Crippen LogP contribution in [0.3, 0.4) is 0 Å². The first-order chi connectivity index (χ1) is 10.2. The molecule has 0 spiro atoms. The predicted octanol–water partition coefficient (Wildman–Crippen LogP) is 4.17. The minimum Gasteiger partial charge on any atom is -0.299 e. The molecule has 0 N–H and O–H groups in total. The molecule has 2 heterocycles. The van der Waals surface area contributed by atoms with Gasteiger partial charge in [-0.2, -0.15) is 12.6 Å². The predicted molar refractivity (Wildman–Crippen MR) is 93.2 cm³/mol. The number of likely N-dealkylation sites (N-methyl/N-ethyl adjacent to an activating group) is 1. The third-order valence-corrected chi connectivity index (χ3v) is 4.94. The van der Waals surface area contributed by atoms with E-state index >= 15 is 0 Å². The maximum absolute atomic E-state index is 5.05. The first-order valence-corrected chi connectivity index (χ1v) is 8.55. The Morgan fingerprint density at radius 3 is 2.81 bits per heavy atom. The second kappa shape index (κ2) is 5.98. The average Bonchev–Trinajstić information content (AvgIpc) is 2.51. The van der Waals surface area contributed by atoms with E-state index < -0.39 is 0 Å². The highest BCUT2D eigenvalue weighted by atomic mass is 32.1. The lowest BCUT2D eigenvalue weighted by atomic mass is 9.92. The molecule has 2 nitrogen and oxygen atoms in total. The van der Waals surface area contributed by atoms with Crippen molar-refractivity contribution in [1.29, 1.82) is 0 Å². The summed E-state index contributed by atoms with van der Waals surface area (Å²) in [5.41, 5.74) is 6.66. The lowest BCUT2D eigenvalue weighted by molar-refractivity contribution is 0.265. The van der Waals surface area contributed by atoms with Crippen LogP contribution in [0.25, 0.3) is 10.9 Å². The number of para-hydroxylation sites is 1. The topological polar surface area (TPSA) is 16.1 Å². The van der Waals surface area contributed by atoms with Crippen molar-refractivity contribution in [1.82, 2.24) is 9.88 Å². The van der Waals surface area contributed by atoms with Gasteiger partial charge in [0.05, 0.1) is 5.52 Å². The zero-order valence-corrected chi connectivity index (χ0v) is 14.1. The van der Waals surface area contributed by atoms with Gasteiger partial charge in [-0.05, 0) is 29.2 Å². The van der Waals surface area contributed by atoms with Crippen LogP contribution >= 0.6 is 12.6 Å². The number of benzene rings is 1. The largest absolute Gasteiger partial charge is 0.299 e. The average molecular weight is 300 g/mol. The van der Waals surface area contributed by atoms with Crippen molar-refractivity contribution in [3.63, 3.8) is 0 Å². The fourth-order valence-corrected chi connectivity index (χ4v) is 3.71. The first-order valence-electron chi connectivity index (χ1n) is 7.92. The van der Waals surface area contributed by atoms with Gasteiger partial charge in [-0.1, -0.05) is 39.0 Å². The van der Waals surface area contributed by atoms with Gasteiger partial charge in [0.25, 0.3) is 0 Å². The fourth-order valence-electron chi connectivity index (χ4n) is 3.35. The van der Waals surface area contributed by atoms with E-state index in [1.807, 2.05) is 0 Å². The third kappa shape index (κ3) is 2.58. The van der Waals surface area contributed by atoms with Crippen molar-refractivity contribution >= 4 is 23.5 Å². The Kier molecular flexibility index (Phi) is 4.23. The van der Waals surface area contributed by atoms with E-state index in [2.05, 4.69) is 56.5 Å². The van der Waals surface area contributed by atoms with Crippen LogP contribution in [0, 0.1) is 0 Å². The molecule has 3 rings (SSSR count). The van der Waals surface area contributed by atoms with Crippen molar-refractivity contribution in [3.8, 4) is 0 Å². The molecular formula is C18H24N2S. The van der Waals surface area contributed by atoms with Gasteiger partial charge in [-0.15, -0.1) is 0 Å². The summed E-state index contributed by atoms with van der Waals surface area (Å²) in [6.45, 7) is 9.98. The maximum atomic E-state index is 5.05. The Morgan fingerprint density at radius 2 is 2.14 bits per heavy atom. The molecular weight excluding hydrogens is 276 g/mol. The molecule has 1 aromatic carbocycles. The molecule has 0 saturated carbocycles. The highest BCUT2D eigenvalue weighted by Gasteiger charge is 2.22. The van der Waals surface area contributed by atoms with Crippen LogP contribution in [0.5, 0.6) is 0 Å². The Hall–Kier alpha value is -1.06. The Balaban J connectivity index is 2.26. The highest BCUT2D eigenvalue weighted by Crippen LogP contribution is 2.32. The standard InChI is InChI=1S/C18H24N2S/c1-4-20-9-8-17-15(10-20)16(11-21)14-7-5-6-13(12(2)3)18(14)19-17/h5-7,12,21H,4,8-11H2,1-3H3. The Bertz CT molecular complexity index is 664. The molecule has 0 fully saturated rings. The van der Waals surface area contributed by atoms with Gasteiger partial charge in [0.2, 0.25) is 0 Å². The number of thiol groups is 1. The highest BCUT2D eigenvalue weighted by molar-refractivity contribution is 7.79. The van der Waals surface area contributed by atoms with Crippen LogP contribution in [0.2, 0.25) is 0 Å². The number of rotatable bonds is 3. The van der Waals surface area contributed by atoms with Crippen LogP contribution in [0.1, 0.15) is 49.1 Å². The van der Waals surface area contributed by atoms with Gasteiger partial charge in [0.1, 0.15) is 0 Å². The molecule has 0 atom stereocenters. The molecule has 21 heavy (non-hydrogen) atoms. The molecule has 0 radical (unpaired) electrons. The Morgan fingerprint density at radius 1 is 1.33 bits per heavy atom. The molecule has 2 aromatic rings. The zero-order valence-electron chi connectivity index (χ0n) is 13.2. The second-order valence-corrected chi connectivity index (χ2v) is 6.51. The quantitative estimate of drug-likeness (QED) is 0.857. The molecule has 112 valence electrons. The van der Waals surface area contributed by atoms with E-state index in [0.29, 0.717) is 5.92 Å². The van der Waals surface area contributed by atoms with Gasteiger partial charge >= 0.3 is 0 Å². The van der Waals surface area contributed by atoms with Crippen molar-refractivity contribution in [3.05, 3.63) is 40.6 Å². The molecule has 0 aliphatic carbocycles. The smallest absolute Gasteiger partial charge is 0.0743 e. The van der Waals surface area contributed by atoms with E-state index in [1.165, 1.54) is 33.3 Å². The summed E-state index contributed by atoms with van der Waals surface area (Å²) in [5, 5.41) is 1.30. The van der Waals surface area contributed by atoms with Crippen LogP contribution < -0.4 is 0 Å². The van der Waals surface area contributed by atoms with Crippen LogP contribution in [-0.4, -0.2) is 23.0 Å². The first kappa shape index (κ1) is 14.9. The van der Waals surface area contributed by atoms with E-state index in [0.717, 1.165) is 31.8 Å². The molecule has 1 aromatic heterocycles. The van der Waals surface area contributed by atoms with Gasteiger partial charge in [-0.3, -0.25) is 9.88 Å². The maximum Gasteiger partial charge on any atom is 0.0743 e. The summed E-state index contributed by atoms with van der Waals surface area (Å²) in [6, 6.07) is 6.60. The second-order valence-electron chi connectivity index (χ2n) is 6.19. The van der Waals surface area contributed by atoms with E-state index in [9.17, 15) is 0 Å². The van der Waals surface area contributed by atoms with Crippen molar-refractivity contribution in [2.24, 2.45) is 0 Å². The summed E-state index contributed by atoms with van der Waals surface area (Å²) in [7, 11) is 0. The number of aromatic nitrogens is 1. The number of hydrogen-bond donors (Lipinski definition) is 1. The van der Waals surface area contributed by atoms with Crippen molar-refractivity contribution < 1.29 is 0 Å². The molecule has 0 unspecified atom stereocenters. The minimum absolute atomic E-state index is 0.503. The van der Waals surface area contributed by atoms with E-state index in [1.54, 1.807) is 0 Å². The lowest BCUT2D eigenvalue weighted by Crippen LogP contribution is -2.31. The summed E-state index contributed by atoms with van der Waals surface area (Å²) < 4.78 is 0. The number of hydrogen-bond acceptors (Lipinski definition) is 3. The lowest BCUT2D eigenvalue weighted by Gasteiger charge is -2.29. The summed E-state index contributed by atoms with van der Waals surface area (Å²) in [4.78, 5) is 7.55. The monoisotopic (exact) mass is 300 g/mol. The normalized spacial score (nSPS) is 15.7. The van der Waals surface area contributed by atoms with E-state index in [4.69, 9.17) is 4.98 Å². The number of pyridine rings is 1. The van der Waals surface area contributed by atoms with E-state index in [-0.39, 0.29) is 0 Å². The van der Waals surface area contributed by atoms with Crippen LogP contribution in [0.15, 0.2) is 18.2 Å². The van der Waals surface area contributed by atoms with Crippen molar-refractivity contribution in [2.75, 3.05) is 13.1 Å². The van der Waals surface area contributed by atoms with Crippen LogP contribution in [-0.2, 0) is 18.7 Å². The molecule has 0 amide bonds. The SMILES string of the molecule is CCN1CCc2nc3c(C(C)C)cccc3c(CS)c2C1. The summed E-state index contributed by atoms with van der Waals surface area (Å²) >= 11 is 4.62. The Labute approximate surface area is 133 Å². The summed E-state index contributed by atoms with van der Waals surface area (Å²) in [5.74, 6) is 1.29. The molecule has 3 heteroatoms. The molecule has 0 bridgehead atoms. The fraction of sp³-hybridized carbons (Fsp3) is 0.500. The zero-order chi connectivity index (χ0) is 15.0. The molecule has 1 aliphatic rings. The van der Waals surface area contributed by atoms with Gasteiger partial charge in [0.15, 0.2) is 0 Å². The minimum atomic E-state index is 0.503.